The average Bonchev–Trinajstić information content (AvgIpc) is 2.09. The van der Waals surface area contributed by atoms with Crippen molar-refractivity contribution in [2.75, 3.05) is 6.54 Å². The lowest BCUT2D eigenvalue weighted by Gasteiger charge is -2.23. The zero-order chi connectivity index (χ0) is 10.6. The fraction of sp³-hybridized carbons (Fsp3) is 0.700. The second-order valence-corrected chi connectivity index (χ2v) is 5.09. The number of halogens is 2. The largest absolute Gasteiger partial charge is 0.322 e. The third kappa shape index (κ3) is 4.34. The lowest BCUT2D eigenvalue weighted by atomic mass is 9.84. The lowest BCUT2D eigenvalue weighted by Crippen LogP contribution is -2.18. The first kappa shape index (κ1) is 11.9. The van der Waals surface area contributed by atoms with E-state index < -0.39 is 0 Å². The topological polar surface area (TPSA) is 24.4 Å². The molecule has 80 valence electrons. The van der Waals surface area contributed by atoms with Crippen LogP contribution in [0, 0.1) is 5.41 Å². The Bertz CT molecular complexity index is 257. The highest BCUT2D eigenvalue weighted by Gasteiger charge is 2.16. The van der Waals surface area contributed by atoms with E-state index >= 15 is 0 Å². The van der Waals surface area contributed by atoms with Crippen molar-refractivity contribution in [3.63, 3.8) is 0 Å². The summed E-state index contributed by atoms with van der Waals surface area (Å²) in [5.41, 5.74) is 0.293. The van der Waals surface area contributed by atoms with Crippen LogP contribution in [0.1, 0.15) is 33.1 Å². The van der Waals surface area contributed by atoms with Gasteiger partial charge in [-0.1, -0.05) is 25.4 Å². The van der Waals surface area contributed by atoms with E-state index in [9.17, 15) is 0 Å². The molecule has 14 heavy (non-hydrogen) atoms. The summed E-state index contributed by atoms with van der Waals surface area (Å²) in [6, 6.07) is 0. The Labute approximate surface area is 95.4 Å². The summed E-state index contributed by atoms with van der Waals surface area (Å²) in [7, 11) is 0. The van der Waals surface area contributed by atoms with Crippen molar-refractivity contribution in [3.05, 3.63) is 11.2 Å². The predicted molar refractivity (Wildman–Crippen MR) is 62.9 cm³/mol. The van der Waals surface area contributed by atoms with Gasteiger partial charge in [0.25, 0.3) is 0 Å². The van der Waals surface area contributed by atoms with E-state index in [1.165, 1.54) is 0 Å². The number of nitrogens with zero attached hydrogens (tertiary/aromatic N) is 1. The number of nitrogens with one attached hydrogen (secondary N) is 1. The van der Waals surface area contributed by atoms with Gasteiger partial charge in [0.05, 0.1) is 0 Å². The maximum Gasteiger partial charge on any atom is 0.196 e. The van der Waals surface area contributed by atoms with E-state index in [1.54, 1.807) is 0 Å². The zero-order valence-corrected chi connectivity index (χ0v) is 10.1. The molecule has 0 amide bonds. The van der Waals surface area contributed by atoms with Crippen LogP contribution >= 0.6 is 23.2 Å². The fourth-order valence-corrected chi connectivity index (χ4v) is 1.79. The summed E-state index contributed by atoms with van der Waals surface area (Å²) < 4.78 is 0. The normalized spacial score (nSPS) is 26.9. The summed E-state index contributed by atoms with van der Waals surface area (Å²) in [5, 5.41) is 3.77. The highest BCUT2D eigenvalue weighted by atomic mass is 35.5. The van der Waals surface area contributed by atoms with Crippen LogP contribution in [0.5, 0.6) is 0 Å². The summed E-state index contributed by atoms with van der Waals surface area (Å²) in [6.07, 6.45) is 5.13. The molecule has 0 fully saturated rings. The summed E-state index contributed by atoms with van der Waals surface area (Å²) >= 11 is 11.7. The van der Waals surface area contributed by atoms with Crippen LogP contribution in [0.4, 0.5) is 0 Å². The van der Waals surface area contributed by atoms with Gasteiger partial charge in [-0.3, -0.25) is 4.99 Å². The molecule has 0 aliphatic carbocycles. The van der Waals surface area contributed by atoms with Gasteiger partial charge in [0.1, 0.15) is 5.16 Å². The highest BCUT2D eigenvalue weighted by molar-refractivity contribution is 6.65. The Hall–Kier alpha value is -0.210. The molecular weight excluding hydrogens is 219 g/mol. The Morgan fingerprint density at radius 1 is 1.43 bits per heavy atom. The molecule has 0 aromatic carbocycles. The molecule has 0 bridgehead atoms. The van der Waals surface area contributed by atoms with Crippen molar-refractivity contribution >= 4 is 28.5 Å². The minimum absolute atomic E-state index is 0.293. The smallest absolute Gasteiger partial charge is 0.196 e. The molecule has 0 aromatic rings. The van der Waals surface area contributed by atoms with Crippen LogP contribution in [0.15, 0.2) is 16.2 Å². The van der Waals surface area contributed by atoms with Gasteiger partial charge in [0, 0.05) is 6.54 Å². The molecule has 1 heterocycles. The number of hydrogen-bond acceptors (Lipinski definition) is 2. The van der Waals surface area contributed by atoms with Crippen molar-refractivity contribution < 1.29 is 0 Å². The van der Waals surface area contributed by atoms with Crippen molar-refractivity contribution in [1.29, 1.82) is 0 Å². The number of rotatable bonds is 0. The monoisotopic (exact) mass is 234 g/mol. The van der Waals surface area contributed by atoms with Crippen molar-refractivity contribution in [1.82, 2.24) is 5.32 Å². The van der Waals surface area contributed by atoms with Gasteiger partial charge in [-0.15, -0.1) is 0 Å². The third-order valence-corrected chi connectivity index (χ3v) is 2.78. The SMILES string of the molecule is CC1(C)C/C=C(\Cl)NC(Cl)=NCCC1. The van der Waals surface area contributed by atoms with Gasteiger partial charge in [-0.25, -0.2) is 0 Å². The Morgan fingerprint density at radius 3 is 2.86 bits per heavy atom. The Morgan fingerprint density at radius 2 is 2.14 bits per heavy atom. The van der Waals surface area contributed by atoms with E-state index in [1.807, 2.05) is 6.08 Å². The third-order valence-electron chi connectivity index (χ3n) is 2.32. The van der Waals surface area contributed by atoms with Crippen LogP contribution in [-0.2, 0) is 0 Å². The summed E-state index contributed by atoms with van der Waals surface area (Å²) in [4.78, 5) is 4.15. The first-order chi connectivity index (χ1) is 6.49. The summed E-state index contributed by atoms with van der Waals surface area (Å²) in [5.74, 6) is 0. The van der Waals surface area contributed by atoms with Crippen LogP contribution in [0.2, 0.25) is 0 Å². The molecule has 1 N–H and O–H groups in total. The highest BCUT2D eigenvalue weighted by Crippen LogP contribution is 2.28. The molecule has 0 spiro atoms. The predicted octanol–water partition coefficient (Wildman–Crippen LogP) is 3.46. The van der Waals surface area contributed by atoms with Gasteiger partial charge in [0.15, 0.2) is 5.29 Å². The van der Waals surface area contributed by atoms with Crippen molar-refractivity contribution in [2.24, 2.45) is 10.4 Å². The van der Waals surface area contributed by atoms with Gasteiger partial charge in [-0.05, 0) is 42.4 Å². The maximum absolute atomic E-state index is 5.93. The van der Waals surface area contributed by atoms with E-state index in [4.69, 9.17) is 23.2 Å². The molecule has 0 saturated carbocycles. The fourth-order valence-electron chi connectivity index (χ4n) is 1.39. The van der Waals surface area contributed by atoms with Crippen molar-refractivity contribution in [3.8, 4) is 0 Å². The lowest BCUT2D eigenvalue weighted by molar-refractivity contribution is 0.331. The second-order valence-electron chi connectivity index (χ2n) is 4.32. The molecule has 1 aliphatic heterocycles. The van der Waals surface area contributed by atoms with Gasteiger partial charge < -0.3 is 5.32 Å². The Balaban J connectivity index is 2.69. The van der Waals surface area contributed by atoms with Crippen LogP contribution < -0.4 is 5.32 Å². The molecular formula is C10H16Cl2N2. The minimum Gasteiger partial charge on any atom is -0.322 e. The molecule has 0 aromatic heterocycles. The molecule has 0 unspecified atom stereocenters. The van der Waals surface area contributed by atoms with Crippen LogP contribution in [0.25, 0.3) is 0 Å². The number of amidine groups is 1. The zero-order valence-electron chi connectivity index (χ0n) is 8.61. The molecule has 1 aliphatic rings. The quantitative estimate of drug-likeness (QED) is 0.639. The minimum atomic E-state index is 0.293. The van der Waals surface area contributed by atoms with Crippen LogP contribution in [-0.4, -0.2) is 11.8 Å². The van der Waals surface area contributed by atoms with Crippen molar-refractivity contribution in [2.45, 2.75) is 33.1 Å². The molecule has 0 atom stereocenters. The first-order valence-corrected chi connectivity index (χ1v) is 5.58. The number of hydrogen-bond donors (Lipinski definition) is 1. The number of aliphatic imine (C=N–C) groups is 1. The average molecular weight is 235 g/mol. The summed E-state index contributed by atoms with van der Waals surface area (Å²) in [6.45, 7) is 5.24. The molecule has 0 saturated heterocycles. The Kier molecular flexibility index (Phi) is 4.27. The molecule has 4 heteroatoms. The van der Waals surface area contributed by atoms with Gasteiger partial charge in [-0.2, -0.15) is 0 Å². The van der Waals surface area contributed by atoms with E-state index in [2.05, 4.69) is 24.2 Å². The van der Waals surface area contributed by atoms with E-state index in [-0.39, 0.29) is 0 Å². The maximum atomic E-state index is 5.93. The van der Waals surface area contributed by atoms with E-state index in [0.717, 1.165) is 25.8 Å². The molecule has 1 rings (SSSR count). The van der Waals surface area contributed by atoms with Gasteiger partial charge in [0.2, 0.25) is 0 Å². The standard InChI is InChI=1S/C10H16Cl2N2/c1-10(2)5-3-7-13-9(12)14-8(11)4-6-10/h4H,3,5-7H2,1-2H3,(H,13,14)/b8-4+. The van der Waals surface area contributed by atoms with Gasteiger partial charge >= 0.3 is 0 Å². The first-order valence-electron chi connectivity index (χ1n) is 4.82. The van der Waals surface area contributed by atoms with E-state index in [0.29, 0.717) is 15.9 Å². The number of allylic oxidation sites excluding steroid dienone is 1. The molecule has 0 radical (unpaired) electrons. The second kappa shape index (κ2) is 5.04. The van der Waals surface area contributed by atoms with Crippen LogP contribution in [0.3, 0.4) is 0 Å². The molecule has 2 nitrogen and oxygen atoms in total.